The molecule has 0 aliphatic heterocycles. The lowest BCUT2D eigenvalue weighted by molar-refractivity contribution is 0.0690. The van der Waals surface area contributed by atoms with Gasteiger partial charge in [0, 0.05) is 37.4 Å². The zero-order valence-electron chi connectivity index (χ0n) is 10.5. The summed E-state index contributed by atoms with van der Waals surface area (Å²) in [5, 5.41) is 12.0. The maximum absolute atomic E-state index is 10.8. The van der Waals surface area contributed by atoms with E-state index in [0.717, 1.165) is 31.6 Å². The van der Waals surface area contributed by atoms with E-state index in [9.17, 15) is 4.79 Å². The molecule has 0 spiro atoms. The summed E-state index contributed by atoms with van der Waals surface area (Å²) >= 11 is 0. The number of unbranched alkanes of at least 4 members (excludes halogenated alkanes) is 1. The molecule has 0 aliphatic rings. The van der Waals surface area contributed by atoms with Gasteiger partial charge in [0.1, 0.15) is 5.69 Å². The van der Waals surface area contributed by atoms with Gasteiger partial charge in [-0.05, 0) is 25.0 Å². The highest BCUT2D eigenvalue weighted by Crippen LogP contribution is 2.08. The van der Waals surface area contributed by atoms with Crippen LogP contribution in [0.4, 0.5) is 5.69 Å². The number of carboxylic acid groups (broad SMARTS) is 1. The Balaban J connectivity index is 1.70. The van der Waals surface area contributed by atoms with E-state index < -0.39 is 5.97 Å². The number of pyridine rings is 1. The first-order chi connectivity index (χ1) is 9.25. The fourth-order valence-electron chi connectivity index (χ4n) is 1.73. The van der Waals surface area contributed by atoms with Gasteiger partial charge in [0.05, 0.1) is 6.33 Å². The maximum Gasteiger partial charge on any atom is 0.354 e. The predicted molar refractivity (Wildman–Crippen MR) is 71.1 cm³/mol. The summed E-state index contributed by atoms with van der Waals surface area (Å²) in [5.41, 5.74) is 0.846. The van der Waals surface area contributed by atoms with Gasteiger partial charge >= 0.3 is 5.97 Å². The number of rotatable bonds is 7. The summed E-state index contributed by atoms with van der Waals surface area (Å²) in [5.74, 6) is -1.01. The normalized spacial score (nSPS) is 10.3. The molecule has 2 N–H and O–H groups in total. The zero-order chi connectivity index (χ0) is 13.5. The number of nitrogens with zero attached hydrogens (tertiary/aromatic N) is 3. The number of hydrogen-bond donors (Lipinski definition) is 2. The Hall–Kier alpha value is -2.37. The van der Waals surface area contributed by atoms with Crippen LogP contribution in [0.2, 0.25) is 0 Å². The van der Waals surface area contributed by atoms with E-state index in [1.165, 1.54) is 12.3 Å². The van der Waals surface area contributed by atoms with Crippen LogP contribution in [0, 0.1) is 0 Å². The molecule has 2 aromatic rings. The number of aryl methyl sites for hydroxylation is 1. The van der Waals surface area contributed by atoms with Gasteiger partial charge in [0.15, 0.2) is 0 Å². The van der Waals surface area contributed by atoms with Crippen LogP contribution in [0.5, 0.6) is 0 Å². The van der Waals surface area contributed by atoms with Gasteiger partial charge in [-0.2, -0.15) is 0 Å². The molecule has 0 atom stereocenters. The fourth-order valence-corrected chi connectivity index (χ4v) is 1.73. The molecule has 19 heavy (non-hydrogen) atoms. The van der Waals surface area contributed by atoms with Crippen LogP contribution < -0.4 is 5.32 Å². The molecule has 0 aliphatic carbocycles. The third-order valence-electron chi connectivity index (χ3n) is 2.71. The molecule has 2 rings (SSSR count). The third kappa shape index (κ3) is 4.09. The van der Waals surface area contributed by atoms with Crippen LogP contribution in [0.15, 0.2) is 37.1 Å². The number of anilines is 1. The summed E-state index contributed by atoms with van der Waals surface area (Å²) in [6.07, 6.45) is 9.05. The molecule has 6 heteroatoms. The second kappa shape index (κ2) is 6.53. The van der Waals surface area contributed by atoms with Crippen molar-refractivity contribution in [3.8, 4) is 0 Å². The lowest BCUT2D eigenvalue weighted by Crippen LogP contribution is -2.06. The van der Waals surface area contributed by atoms with Crippen molar-refractivity contribution in [1.82, 2.24) is 14.5 Å². The first-order valence-corrected chi connectivity index (χ1v) is 6.14. The van der Waals surface area contributed by atoms with Gasteiger partial charge in [-0.25, -0.2) is 14.8 Å². The van der Waals surface area contributed by atoms with Crippen molar-refractivity contribution in [3.05, 3.63) is 42.7 Å². The molecular formula is C13H16N4O2. The molecule has 0 unspecified atom stereocenters. The van der Waals surface area contributed by atoms with Crippen LogP contribution in [0.1, 0.15) is 23.3 Å². The molecule has 100 valence electrons. The monoisotopic (exact) mass is 260 g/mol. The van der Waals surface area contributed by atoms with E-state index in [0.29, 0.717) is 0 Å². The summed E-state index contributed by atoms with van der Waals surface area (Å²) in [7, 11) is 0. The Labute approximate surface area is 111 Å². The smallest absolute Gasteiger partial charge is 0.354 e. The second-order valence-corrected chi connectivity index (χ2v) is 4.17. The number of carboxylic acids is 1. The Morgan fingerprint density at radius 3 is 3.00 bits per heavy atom. The summed E-state index contributed by atoms with van der Waals surface area (Å²) in [4.78, 5) is 18.5. The van der Waals surface area contributed by atoms with Crippen LogP contribution >= 0.6 is 0 Å². The van der Waals surface area contributed by atoms with Crippen LogP contribution in [-0.4, -0.2) is 32.2 Å². The van der Waals surface area contributed by atoms with Gasteiger partial charge in [0.2, 0.25) is 0 Å². The van der Waals surface area contributed by atoms with E-state index in [2.05, 4.69) is 15.3 Å². The lowest BCUT2D eigenvalue weighted by Gasteiger charge is -2.07. The number of imidazole rings is 1. The lowest BCUT2D eigenvalue weighted by atomic mass is 10.2. The molecular weight excluding hydrogens is 244 g/mol. The average Bonchev–Trinajstić information content (AvgIpc) is 2.92. The maximum atomic E-state index is 10.8. The fraction of sp³-hybridized carbons (Fsp3) is 0.308. The molecule has 6 nitrogen and oxygen atoms in total. The molecule has 0 fully saturated rings. The van der Waals surface area contributed by atoms with E-state index in [4.69, 9.17) is 5.11 Å². The third-order valence-corrected chi connectivity index (χ3v) is 2.71. The average molecular weight is 260 g/mol. The number of aromatic nitrogens is 3. The predicted octanol–water partition coefficient (Wildman–Crippen LogP) is 1.87. The van der Waals surface area contributed by atoms with Crippen LogP contribution in [0.25, 0.3) is 0 Å². The topological polar surface area (TPSA) is 80.0 Å². The van der Waals surface area contributed by atoms with Crippen molar-refractivity contribution in [2.75, 3.05) is 11.9 Å². The first kappa shape index (κ1) is 13.1. The Morgan fingerprint density at radius 1 is 1.37 bits per heavy atom. The number of hydrogen-bond acceptors (Lipinski definition) is 4. The van der Waals surface area contributed by atoms with Crippen LogP contribution in [0.3, 0.4) is 0 Å². The van der Waals surface area contributed by atoms with E-state index in [-0.39, 0.29) is 5.69 Å². The van der Waals surface area contributed by atoms with E-state index in [1.807, 2.05) is 10.8 Å². The molecule has 0 saturated heterocycles. The van der Waals surface area contributed by atoms with Crippen molar-refractivity contribution in [1.29, 1.82) is 0 Å². The minimum Gasteiger partial charge on any atom is -0.477 e. The number of aromatic carboxylic acids is 1. The van der Waals surface area contributed by atoms with Crippen LogP contribution in [-0.2, 0) is 6.54 Å². The van der Waals surface area contributed by atoms with Gasteiger partial charge in [0.25, 0.3) is 0 Å². The highest BCUT2D eigenvalue weighted by atomic mass is 16.4. The highest BCUT2D eigenvalue weighted by Gasteiger charge is 2.04. The first-order valence-electron chi connectivity index (χ1n) is 6.14. The molecule has 0 bridgehead atoms. The molecule has 2 heterocycles. The van der Waals surface area contributed by atoms with Gasteiger partial charge < -0.3 is 15.0 Å². The van der Waals surface area contributed by atoms with Crippen molar-refractivity contribution < 1.29 is 9.90 Å². The molecule has 2 aromatic heterocycles. The summed E-state index contributed by atoms with van der Waals surface area (Å²) in [6, 6.07) is 3.31. The minimum atomic E-state index is -1.01. The molecule has 0 radical (unpaired) electrons. The molecule has 0 saturated carbocycles. The quantitative estimate of drug-likeness (QED) is 0.743. The SMILES string of the molecule is O=C(O)c1cc(NCCCCn2ccnc2)ccn1. The Bertz CT molecular complexity index is 525. The molecule has 0 amide bonds. The van der Waals surface area contributed by atoms with Crippen molar-refractivity contribution in [3.63, 3.8) is 0 Å². The van der Waals surface area contributed by atoms with Gasteiger partial charge in [-0.3, -0.25) is 0 Å². The summed E-state index contributed by atoms with van der Waals surface area (Å²) < 4.78 is 2.04. The highest BCUT2D eigenvalue weighted by molar-refractivity contribution is 5.86. The summed E-state index contributed by atoms with van der Waals surface area (Å²) in [6.45, 7) is 1.75. The van der Waals surface area contributed by atoms with Crippen molar-refractivity contribution in [2.24, 2.45) is 0 Å². The molecule has 0 aromatic carbocycles. The number of carbonyl (C=O) groups is 1. The Morgan fingerprint density at radius 2 is 2.26 bits per heavy atom. The van der Waals surface area contributed by atoms with Gasteiger partial charge in [-0.15, -0.1) is 0 Å². The standard InChI is InChI=1S/C13H16N4O2/c18-13(19)12-9-11(3-5-16-12)15-4-1-2-7-17-8-6-14-10-17/h3,5-6,8-10H,1-2,4,7H2,(H,15,16)(H,18,19). The van der Waals surface area contributed by atoms with E-state index >= 15 is 0 Å². The van der Waals surface area contributed by atoms with Crippen molar-refractivity contribution in [2.45, 2.75) is 19.4 Å². The number of nitrogens with one attached hydrogen (secondary N) is 1. The zero-order valence-corrected chi connectivity index (χ0v) is 10.5. The minimum absolute atomic E-state index is 0.0587. The van der Waals surface area contributed by atoms with Crippen molar-refractivity contribution >= 4 is 11.7 Å². The second-order valence-electron chi connectivity index (χ2n) is 4.17. The van der Waals surface area contributed by atoms with Gasteiger partial charge in [-0.1, -0.05) is 0 Å². The van der Waals surface area contributed by atoms with E-state index in [1.54, 1.807) is 18.6 Å². The largest absolute Gasteiger partial charge is 0.477 e. The Kier molecular flexibility index (Phi) is 4.49.